The van der Waals surface area contributed by atoms with Gasteiger partial charge in [0.1, 0.15) is 6.54 Å². The van der Waals surface area contributed by atoms with E-state index in [-0.39, 0.29) is 36.4 Å². The van der Waals surface area contributed by atoms with E-state index < -0.39 is 0 Å². The lowest BCUT2D eigenvalue weighted by atomic mass is 9.95. The number of carbonyl (C=O) groups is 1. The van der Waals surface area contributed by atoms with Crippen molar-refractivity contribution in [2.45, 2.75) is 57.0 Å². The van der Waals surface area contributed by atoms with Crippen LogP contribution in [0.1, 0.15) is 44.9 Å². The van der Waals surface area contributed by atoms with Gasteiger partial charge in [-0.05, 0) is 31.7 Å². The molecule has 2 fully saturated rings. The van der Waals surface area contributed by atoms with E-state index in [9.17, 15) is 4.79 Å². The topological polar surface area (TPSA) is 85.8 Å². The van der Waals surface area contributed by atoms with Crippen LogP contribution in [0.25, 0.3) is 0 Å². The number of aliphatic imine (C=N–C) groups is 1. The lowest BCUT2D eigenvalue weighted by molar-refractivity contribution is -0.127. The Bertz CT molecular complexity index is 641. The number of piperidine rings is 1. The fraction of sp³-hybridized carbons (Fsp3) is 0.700. The van der Waals surface area contributed by atoms with Crippen molar-refractivity contribution in [1.29, 1.82) is 0 Å². The number of aromatic nitrogens is 2. The zero-order chi connectivity index (χ0) is 19.8. The predicted octanol–water partition coefficient (Wildman–Crippen LogP) is 2.02. The molecule has 0 unspecified atom stereocenters. The molecule has 1 aliphatic carbocycles. The quantitative estimate of drug-likeness (QED) is 0.355. The molecule has 2 heterocycles. The Kier molecular flexibility index (Phi) is 9.89. The monoisotopic (exact) mass is 515 g/mol. The summed E-state index contributed by atoms with van der Waals surface area (Å²) in [5.41, 5.74) is 0. The molecule has 2 N–H and O–H groups in total. The molecule has 0 radical (unpaired) electrons. The van der Waals surface area contributed by atoms with E-state index >= 15 is 0 Å². The average Bonchev–Trinajstić information content (AvgIpc) is 2.73. The van der Waals surface area contributed by atoms with Gasteiger partial charge in [0.15, 0.2) is 5.96 Å². The van der Waals surface area contributed by atoms with Crippen LogP contribution in [0.15, 0.2) is 23.5 Å². The second-order valence-corrected chi connectivity index (χ2v) is 7.89. The third kappa shape index (κ3) is 7.60. The van der Waals surface area contributed by atoms with E-state index in [1.54, 1.807) is 31.4 Å². The van der Waals surface area contributed by atoms with Gasteiger partial charge in [0, 0.05) is 51.7 Å². The van der Waals surface area contributed by atoms with Crippen molar-refractivity contribution in [3.63, 3.8) is 0 Å². The molecule has 162 valence electrons. The van der Waals surface area contributed by atoms with Gasteiger partial charge in [-0.25, -0.2) is 15.0 Å². The van der Waals surface area contributed by atoms with E-state index in [1.807, 2.05) is 6.07 Å². The van der Waals surface area contributed by atoms with Crippen LogP contribution in [0.4, 0.5) is 5.95 Å². The number of hydrogen-bond acceptors (Lipinski definition) is 5. The molecular formula is C20H34IN7O. The van der Waals surface area contributed by atoms with Gasteiger partial charge >= 0.3 is 0 Å². The number of amides is 1. The molecule has 1 saturated carbocycles. The van der Waals surface area contributed by atoms with Crippen molar-refractivity contribution in [1.82, 2.24) is 25.5 Å². The third-order valence-electron chi connectivity index (χ3n) is 5.49. The Morgan fingerprint density at radius 3 is 2.24 bits per heavy atom. The van der Waals surface area contributed by atoms with Gasteiger partial charge in [0.2, 0.25) is 11.9 Å². The highest BCUT2D eigenvalue weighted by Crippen LogP contribution is 2.18. The molecule has 3 rings (SSSR count). The molecule has 0 aromatic carbocycles. The third-order valence-corrected chi connectivity index (χ3v) is 5.49. The maximum Gasteiger partial charge on any atom is 0.243 e. The Morgan fingerprint density at radius 2 is 1.66 bits per heavy atom. The predicted molar refractivity (Wildman–Crippen MR) is 127 cm³/mol. The van der Waals surface area contributed by atoms with Crippen LogP contribution in [0.5, 0.6) is 0 Å². The first kappa shape index (κ1) is 23.6. The lowest BCUT2D eigenvalue weighted by Gasteiger charge is -2.34. The van der Waals surface area contributed by atoms with E-state index in [0.29, 0.717) is 12.1 Å². The summed E-state index contributed by atoms with van der Waals surface area (Å²) in [7, 11) is 3.53. The Morgan fingerprint density at radius 1 is 1.07 bits per heavy atom. The highest BCUT2D eigenvalue weighted by Gasteiger charge is 2.23. The van der Waals surface area contributed by atoms with Crippen molar-refractivity contribution in [3.05, 3.63) is 18.5 Å². The second-order valence-electron chi connectivity index (χ2n) is 7.89. The number of anilines is 1. The molecule has 1 aliphatic heterocycles. The second kappa shape index (κ2) is 12.1. The first-order valence-electron chi connectivity index (χ1n) is 10.4. The maximum absolute atomic E-state index is 12.0. The fourth-order valence-corrected chi connectivity index (χ4v) is 3.73. The van der Waals surface area contributed by atoms with E-state index in [4.69, 9.17) is 0 Å². The van der Waals surface area contributed by atoms with Crippen molar-refractivity contribution < 1.29 is 4.79 Å². The maximum atomic E-state index is 12.0. The Hall–Kier alpha value is -1.65. The molecule has 9 heteroatoms. The lowest BCUT2D eigenvalue weighted by Crippen LogP contribution is -2.51. The number of nitrogens with one attached hydrogen (secondary N) is 2. The highest BCUT2D eigenvalue weighted by molar-refractivity contribution is 14.0. The molecule has 1 saturated heterocycles. The van der Waals surface area contributed by atoms with Crippen LogP contribution in [-0.2, 0) is 4.79 Å². The summed E-state index contributed by atoms with van der Waals surface area (Å²) in [5, 5.41) is 7.14. The van der Waals surface area contributed by atoms with E-state index in [1.165, 1.54) is 32.1 Å². The molecule has 0 spiro atoms. The van der Waals surface area contributed by atoms with Crippen LogP contribution >= 0.6 is 24.0 Å². The molecule has 0 atom stereocenters. The van der Waals surface area contributed by atoms with E-state index in [0.717, 1.165) is 37.8 Å². The molecule has 2 aliphatic rings. The normalized spacial score (nSPS) is 18.7. The van der Waals surface area contributed by atoms with Crippen molar-refractivity contribution in [2.75, 3.05) is 38.6 Å². The largest absolute Gasteiger partial charge is 0.354 e. The van der Waals surface area contributed by atoms with Crippen molar-refractivity contribution in [3.8, 4) is 0 Å². The van der Waals surface area contributed by atoms with Crippen LogP contribution in [0, 0.1) is 0 Å². The highest BCUT2D eigenvalue weighted by atomic mass is 127. The van der Waals surface area contributed by atoms with Gasteiger partial charge in [-0.1, -0.05) is 19.3 Å². The molecule has 1 aromatic rings. The molecular weight excluding hydrogens is 481 g/mol. The molecule has 1 amide bonds. The SMILES string of the molecule is CN(C)C(=O)CN=C(NC1CCCCC1)NC1CCN(c2ncccn2)CC1.I. The smallest absolute Gasteiger partial charge is 0.243 e. The standard InChI is InChI=1S/C20H33N7O.HI/c1-26(2)18(28)15-23-19(24-16-7-4-3-5-8-16)25-17-9-13-27(14-10-17)20-21-11-6-12-22-20;/h6,11-12,16-17H,3-5,7-10,13-15H2,1-2H3,(H2,23,24,25);1H. The first-order valence-corrected chi connectivity index (χ1v) is 10.4. The summed E-state index contributed by atoms with van der Waals surface area (Å²) in [6.45, 7) is 2.00. The minimum atomic E-state index is 0. The summed E-state index contributed by atoms with van der Waals surface area (Å²) in [5.74, 6) is 1.59. The van der Waals surface area contributed by atoms with Crippen molar-refractivity contribution >= 4 is 41.8 Å². The fourth-order valence-electron chi connectivity index (χ4n) is 3.73. The summed E-state index contributed by atoms with van der Waals surface area (Å²) in [6, 6.07) is 2.63. The summed E-state index contributed by atoms with van der Waals surface area (Å²) < 4.78 is 0. The van der Waals surface area contributed by atoms with Crippen molar-refractivity contribution in [2.24, 2.45) is 4.99 Å². The number of hydrogen-bond donors (Lipinski definition) is 2. The van der Waals surface area contributed by atoms with Gasteiger partial charge in [-0.15, -0.1) is 24.0 Å². The first-order chi connectivity index (χ1) is 13.6. The summed E-state index contributed by atoms with van der Waals surface area (Å²) >= 11 is 0. The summed E-state index contributed by atoms with van der Waals surface area (Å²) in [4.78, 5) is 29.0. The van der Waals surface area contributed by atoms with Crippen LogP contribution in [0.3, 0.4) is 0 Å². The zero-order valence-corrected chi connectivity index (χ0v) is 19.8. The van der Waals surface area contributed by atoms with Gasteiger partial charge < -0.3 is 20.4 Å². The number of carbonyl (C=O) groups excluding carboxylic acids is 1. The number of rotatable bonds is 5. The number of halogens is 1. The van der Waals surface area contributed by atoms with Crippen LogP contribution < -0.4 is 15.5 Å². The minimum Gasteiger partial charge on any atom is -0.354 e. The van der Waals surface area contributed by atoms with Gasteiger partial charge in [-0.3, -0.25) is 4.79 Å². The molecule has 8 nitrogen and oxygen atoms in total. The number of nitrogens with zero attached hydrogens (tertiary/aromatic N) is 5. The van der Waals surface area contributed by atoms with Crippen LogP contribution in [-0.4, -0.2) is 72.5 Å². The number of guanidine groups is 1. The number of likely N-dealkylation sites (N-methyl/N-ethyl adjacent to an activating group) is 1. The van der Waals surface area contributed by atoms with Crippen LogP contribution in [0.2, 0.25) is 0 Å². The summed E-state index contributed by atoms with van der Waals surface area (Å²) in [6.07, 6.45) is 11.7. The van der Waals surface area contributed by atoms with Gasteiger partial charge in [-0.2, -0.15) is 0 Å². The van der Waals surface area contributed by atoms with Gasteiger partial charge in [0.25, 0.3) is 0 Å². The Labute approximate surface area is 191 Å². The molecule has 1 aromatic heterocycles. The molecule has 0 bridgehead atoms. The minimum absolute atomic E-state index is 0. The average molecular weight is 515 g/mol. The molecule has 29 heavy (non-hydrogen) atoms. The zero-order valence-electron chi connectivity index (χ0n) is 17.5. The van der Waals surface area contributed by atoms with E-state index in [2.05, 4.69) is 30.5 Å². The Balaban J connectivity index is 0.00000300. The van der Waals surface area contributed by atoms with Gasteiger partial charge in [0.05, 0.1) is 0 Å².